The molecule has 0 amide bonds. The third-order valence-electron chi connectivity index (χ3n) is 9.77. The highest BCUT2D eigenvalue weighted by molar-refractivity contribution is 7.92. The summed E-state index contributed by atoms with van der Waals surface area (Å²) in [5, 5.41) is 6.71. The normalized spacial score (nSPS) is 16.6. The third-order valence-corrected chi connectivity index (χ3v) is 10.9. The van der Waals surface area contributed by atoms with E-state index in [1.54, 1.807) is 31.6 Å². The van der Waals surface area contributed by atoms with Gasteiger partial charge in [-0.3, -0.25) is 19.2 Å². The molecule has 264 valence electrons. The van der Waals surface area contributed by atoms with Gasteiger partial charge in [-0.15, -0.1) is 0 Å². The number of aryl methyl sites for hydroxylation is 1. The maximum Gasteiger partial charge on any atom is 0.239 e. The van der Waals surface area contributed by atoms with Crippen molar-refractivity contribution >= 4 is 66.7 Å². The number of aromatic amines is 1. The summed E-state index contributed by atoms with van der Waals surface area (Å²) in [6, 6.07) is 8.10. The molecule has 0 bridgehead atoms. The highest BCUT2D eigenvalue weighted by Gasteiger charge is 2.29. The van der Waals surface area contributed by atoms with Crippen LogP contribution in [0, 0.1) is 0 Å². The van der Waals surface area contributed by atoms with Crippen molar-refractivity contribution in [3.8, 4) is 5.88 Å². The second-order valence-corrected chi connectivity index (χ2v) is 15.0. The van der Waals surface area contributed by atoms with E-state index in [0.717, 1.165) is 76.2 Å². The van der Waals surface area contributed by atoms with E-state index in [4.69, 9.17) is 19.7 Å². The molecule has 0 unspecified atom stereocenters. The first-order chi connectivity index (χ1) is 24.1. The molecule has 0 saturated carbocycles. The van der Waals surface area contributed by atoms with Crippen LogP contribution in [-0.4, -0.2) is 121 Å². The minimum absolute atomic E-state index is 0.320. The number of likely N-dealkylation sites (N-methyl/N-ethyl adjacent to an activating group) is 1. The summed E-state index contributed by atoms with van der Waals surface area (Å²) in [6.45, 7) is 8.57. The fraction of sp³-hybridized carbons (Fsp3) is 0.441. The number of fused-ring (bicyclic) bond motifs is 2. The number of sulfonamides is 1. The Kier molecular flexibility index (Phi) is 9.32. The molecule has 0 atom stereocenters. The Balaban J connectivity index is 1.18. The van der Waals surface area contributed by atoms with E-state index in [1.165, 1.54) is 17.5 Å². The number of piperidine rings is 1. The van der Waals surface area contributed by atoms with Crippen molar-refractivity contribution in [3.05, 3.63) is 48.4 Å². The zero-order valence-corrected chi connectivity index (χ0v) is 30.0. The van der Waals surface area contributed by atoms with E-state index in [1.807, 2.05) is 6.07 Å². The van der Waals surface area contributed by atoms with Gasteiger partial charge in [-0.1, -0.05) is 6.92 Å². The first-order valence-corrected chi connectivity index (χ1v) is 18.8. The molecule has 2 aliphatic rings. The van der Waals surface area contributed by atoms with Gasteiger partial charge in [0.1, 0.15) is 28.2 Å². The molecule has 4 aromatic heterocycles. The van der Waals surface area contributed by atoms with Gasteiger partial charge in [0.05, 0.1) is 30.1 Å². The van der Waals surface area contributed by atoms with Crippen LogP contribution < -0.4 is 24.6 Å². The van der Waals surface area contributed by atoms with Gasteiger partial charge in [-0.2, -0.15) is 9.97 Å². The molecule has 5 aromatic rings. The van der Waals surface area contributed by atoms with Crippen molar-refractivity contribution in [2.24, 2.45) is 0 Å². The average molecular weight is 701 g/mol. The fourth-order valence-electron chi connectivity index (χ4n) is 6.88. The zero-order chi connectivity index (χ0) is 35.0. The van der Waals surface area contributed by atoms with Crippen LogP contribution in [0.15, 0.2) is 42.9 Å². The molecule has 7 rings (SSSR count). The molecule has 1 aromatic carbocycles. The maximum atomic E-state index is 12.7. The lowest BCUT2D eigenvalue weighted by Gasteiger charge is -2.42. The number of pyridine rings is 1. The molecular weight excluding hydrogens is 657 g/mol. The maximum absolute atomic E-state index is 12.7. The van der Waals surface area contributed by atoms with Crippen molar-refractivity contribution in [1.82, 2.24) is 39.7 Å². The molecule has 16 heteroatoms. The monoisotopic (exact) mass is 700 g/mol. The number of methoxy groups -OCH3 is 1. The number of aromatic nitrogens is 6. The number of H-pyrrole nitrogens is 1. The van der Waals surface area contributed by atoms with Crippen LogP contribution in [0.25, 0.3) is 22.1 Å². The molecule has 2 saturated heterocycles. The van der Waals surface area contributed by atoms with E-state index in [2.05, 4.69) is 60.3 Å². The topological polar surface area (TPSA) is 161 Å². The van der Waals surface area contributed by atoms with E-state index in [-0.39, 0.29) is 0 Å². The number of rotatable bonds is 10. The summed E-state index contributed by atoms with van der Waals surface area (Å²) in [4.78, 5) is 34.1. The van der Waals surface area contributed by atoms with Crippen LogP contribution >= 0.6 is 0 Å². The van der Waals surface area contributed by atoms with Crippen LogP contribution in [0.2, 0.25) is 0 Å². The Morgan fingerprint density at radius 3 is 2.44 bits per heavy atom. The second kappa shape index (κ2) is 13.8. The van der Waals surface area contributed by atoms with Crippen molar-refractivity contribution in [1.29, 1.82) is 0 Å². The van der Waals surface area contributed by atoms with Gasteiger partial charge < -0.3 is 30.2 Å². The predicted octanol–water partition coefficient (Wildman–Crippen LogP) is 3.97. The largest absolute Gasteiger partial charge is 0.479 e. The van der Waals surface area contributed by atoms with Crippen molar-refractivity contribution in [2.75, 3.05) is 86.6 Å². The van der Waals surface area contributed by atoms with E-state index < -0.39 is 10.0 Å². The van der Waals surface area contributed by atoms with Crippen LogP contribution in [-0.2, 0) is 16.4 Å². The van der Waals surface area contributed by atoms with Crippen LogP contribution in [0.5, 0.6) is 5.88 Å². The third kappa shape index (κ3) is 6.69. The Labute approximate surface area is 292 Å². The molecule has 0 aliphatic carbocycles. The molecule has 0 radical (unpaired) electrons. The van der Waals surface area contributed by atoms with Gasteiger partial charge in [0.15, 0.2) is 5.82 Å². The Hall–Kier alpha value is -4.80. The molecule has 3 N–H and O–H groups in total. The van der Waals surface area contributed by atoms with Gasteiger partial charge in [-0.25, -0.2) is 13.4 Å². The Morgan fingerprint density at radius 2 is 1.72 bits per heavy atom. The smallest absolute Gasteiger partial charge is 0.239 e. The first kappa shape index (κ1) is 33.7. The summed E-state index contributed by atoms with van der Waals surface area (Å²) in [7, 11) is 1.68. The van der Waals surface area contributed by atoms with E-state index in [0.29, 0.717) is 62.8 Å². The summed E-state index contributed by atoms with van der Waals surface area (Å²) in [6.07, 6.45) is 9.06. The van der Waals surface area contributed by atoms with Crippen molar-refractivity contribution in [2.45, 2.75) is 32.2 Å². The van der Waals surface area contributed by atoms with Gasteiger partial charge in [-0.05, 0) is 56.1 Å². The number of piperazine rings is 1. The van der Waals surface area contributed by atoms with Crippen LogP contribution in [0.3, 0.4) is 0 Å². The number of benzene rings is 1. The number of ether oxygens (including phenoxy) is 1. The summed E-state index contributed by atoms with van der Waals surface area (Å²) in [5.41, 5.74) is 4.91. The molecule has 2 fully saturated rings. The number of anilines is 6. The standard InChI is InChI=1S/C34H44N12O3S/c1-6-22-21-27(33(49-4)42-32(22)46-15-10-23(11-16-46)45-19-17-43(2)18-20-45)40-34-39-25-9-12-36-29(25)31(41-34)38-26-8-7-24-28(37-14-13-35-24)30(26)44(3)50(5,47)48/h7-9,12-14,21,23,36H,6,10-11,15-20H2,1-5H3,(H2,38,39,40,41). The van der Waals surface area contributed by atoms with Gasteiger partial charge >= 0.3 is 0 Å². The molecule has 2 aliphatic heterocycles. The first-order valence-electron chi connectivity index (χ1n) is 16.9. The Morgan fingerprint density at radius 1 is 0.960 bits per heavy atom. The van der Waals surface area contributed by atoms with Crippen LogP contribution in [0.4, 0.5) is 34.6 Å². The molecule has 15 nitrogen and oxygen atoms in total. The highest BCUT2D eigenvalue weighted by Crippen LogP contribution is 2.38. The molecule has 6 heterocycles. The average Bonchev–Trinajstić information content (AvgIpc) is 3.60. The fourth-order valence-corrected chi connectivity index (χ4v) is 7.40. The van der Waals surface area contributed by atoms with E-state index >= 15 is 0 Å². The van der Waals surface area contributed by atoms with Crippen LogP contribution in [0.1, 0.15) is 25.3 Å². The van der Waals surface area contributed by atoms with Gasteiger partial charge in [0.2, 0.25) is 21.9 Å². The predicted molar refractivity (Wildman–Crippen MR) is 198 cm³/mol. The second-order valence-electron chi connectivity index (χ2n) is 12.9. The number of nitrogens with one attached hydrogen (secondary N) is 3. The van der Waals surface area contributed by atoms with E-state index in [9.17, 15) is 8.42 Å². The minimum atomic E-state index is -3.63. The summed E-state index contributed by atoms with van der Waals surface area (Å²) >= 11 is 0. The number of nitrogens with zero attached hydrogens (tertiary/aromatic N) is 9. The molecular formula is C34H44N12O3S. The minimum Gasteiger partial charge on any atom is -0.479 e. The molecule has 50 heavy (non-hydrogen) atoms. The van der Waals surface area contributed by atoms with Gasteiger partial charge in [0, 0.05) is 70.9 Å². The van der Waals surface area contributed by atoms with Gasteiger partial charge in [0.25, 0.3) is 0 Å². The SMILES string of the molecule is CCc1cc(Nc2nc(Nc3ccc4nccnc4c3N(C)S(C)(=O)=O)c3[nH]ccc3n2)c(OC)nc1N1CCC(N2CCN(C)CC2)CC1. The summed E-state index contributed by atoms with van der Waals surface area (Å²) in [5.74, 6) is 2.17. The quantitative estimate of drug-likeness (QED) is 0.192. The lowest BCUT2D eigenvalue weighted by molar-refractivity contribution is 0.0981. The van der Waals surface area contributed by atoms with Crippen molar-refractivity contribution < 1.29 is 13.2 Å². The van der Waals surface area contributed by atoms with Crippen molar-refractivity contribution in [3.63, 3.8) is 0 Å². The Bertz CT molecular complexity index is 2110. The summed E-state index contributed by atoms with van der Waals surface area (Å²) < 4.78 is 32.5. The zero-order valence-electron chi connectivity index (χ0n) is 29.1. The highest BCUT2D eigenvalue weighted by atomic mass is 32.2. The molecule has 0 spiro atoms. The number of hydrogen-bond donors (Lipinski definition) is 3. The lowest BCUT2D eigenvalue weighted by atomic mass is 10.0. The number of hydrogen-bond acceptors (Lipinski definition) is 13. The lowest BCUT2D eigenvalue weighted by Crippen LogP contribution is -2.52.